The summed E-state index contributed by atoms with van der Waals surface area (Å²) in [6.07, 6.45) is -4.75. The molecule has 0 unspecified atom stereocenters. The summed E-state index contributed by atoms with van der Waals surface area (Å²) in [7, 11) is -2.87. The molecule has 0 aromatic heterocycles. The monoisotopic (exact) mass is 251 g/mol. The van der Waals surface area contributed by atoms with E-state index in [0.29, 0.717) is 12.1 Å². The van der Waals surface area contributed by atoms with Crippen molar-refractivity contribution in [1.82, 2.24) is 0 Å². The van der Waals surface area contributed by atoms with E-state index in [9.17, 15) is 26.0 Å². The standard InChI is InChI=1S/C7H3F4O2S.CH3.Be/c8-5-1-4(7(9,10)11)2-6(3-5)14(12)13;;/h1-3H;1H3;/q2*-1;+2. The Morgan fingerprint density at radius 2 is 1.56 bits per heavy atom. The zero-order chi connectivity index (χ0) is 10.9. The van der Waals surface area contributed by atoms with E-state index in [1.54, 1.807) is 0 Å². The van der Waals surface area contributed by atoms with Gasteiger partial charge >= 0.3 is 16.3 Å². The fourth-order valence-corrected chi connectivity index (χ4v) is 1.25. The van der Waals surface area contributed by atoms with Gasteiger partial charge in [-0.25, -0.2) is 4.39 Å². The summed E-state index contributed by atoms with van der Waals surface area (Å²) in [4.78, 5) is -0.725. The molecular formula is C8H6BeF4O2S. The van der Waals surface area contributed by atoms with Gasteiger partial charge in [0.25, 0.3) is 0 Å². The summed E-state index contributed by atoms with van der Waals surface area (Å²) in [6.45, 7) is 0. The van der Waals surface area contributed by atoms with E-state index >= 15 is 0 Å². The minimum absolute atomic E-state index is 0. The zero-order valence-electron chi connectivity index (χ0n) is 8.18. The van der Waals surface area contributed by atoms with Crippen LogP contribution < -0.4 is 0 Å². The van der Waals surface area contributed by atoms with E-state index in [1.165, 1.54) is 0 Å². The molecule has 8 heteroatoms. The number of benzene rings is 1. The quantitative estimate of drug-likeness (QED) is 0.333. The van der Waals surface area contributed by atoms with Gasteiger partial charge in [-0.1, -0.05) is 11.0 Å². The molecule has 0 aliphatic rings. The van der Waals surface area contributed by atoms with E-state index in [0.717, 1.165) is 0 Å². The van der Waals surface area contributed by atoms with Crippen LogP contribution in [0.25, 0.3) is 0 Å². The van der Waals surface area contributed by atoms with E-state index in [2.05, 4.69) is 0 Å². The van der Waals surface area contributed by atoms with E-state index in [4.69, 9.17) is 0 Å². The minimum atomic E-state index is -4.75. The molecule has 0 fully saturated rings. The van der Waals surface area contributed by atoms with Crippen molar-refractivity contribution in [2.75, 3.05) is 0 Å². The molecule has 1 aromatic rings. The molecule has 0 amide bonds. The van der Waals surface area contributed by atoms with E-state index < -0.39 is 33.2 Å². The molecule has 0 spiro atoms. The first-order valence-electron chi connectivity index (χ1n) is 3.28. The van der Waals surface area contributed by atoms with E-state index in [-0.39, 0.29) is 23.6 Å². The first-order chi connectivity index (χ1) is 6.30. The van der Waals surface area contributed by atoms with Gasteiger partial charge in [0, 0.05) is 0 Å². The zero-order valence-corrected chi connectivity index (χ0v) is 8.99. The van der Waals surface area contributed by atoms with Crippen molar-refractivity contribution in [3.8, 4) is 0 Å². The molecule has 16 heavy (non-hydrogen) atoms. The Morgan fingerprint density at radius 1 is 1.06 bits per heavy atom. The second-order valence-electron chi connectivity index (χ2n) is 2.41. The van der Waals surface area contributed by atoms with Crippen LogP contribution in [-0.2, 0) is 25.3 Å². The second kappa shape index (κ2) is 5.96. The van der Waals surface area contributed by atoms with Crippen molar-refractivity contribution in [2.24, 2.45) is 0 Å². The van der Waals surface area contributed by atoms with Crippen LogP contribution in [0.5, 0.6) is 0 Å². The van der Waals surface area contributed by atoms with Gasteiger partial charge in [0.15, 0.2) is 0 Å². The Balaban J connectivity index is 0. The molecule has 0 atom stereocenters. The first kappa shape index (κ1) is 17.5. The predicted molar refractivity (Wildman–Crippen MR) is 50.6 cm³/mol. The van der Waals surface area contributed by atoms with Gasteiger partial charge in [-0.2, -0.15) is 13.2 Å². The van der Waals surface area contributed by atoms with Gasteiger partial charge in [0.1, 0.15) is 5.82 Å². The average Bonchev–Trinajstić information content (AvgIpc) is 2.01. The Morgan fingerprint density at radius 3 is 1.94 bits per heavy atom. The normalized spacial score (nSPS) is 10.6. The maximum Gasteiger partial charge on any atom is 2.00 e. The van der Waals surface area contributed by atoms with Crippen LogP contribution in [0.3, 0.4) is 0 Å². The summed E-state index contributed by atoms with van der Waals surface area (Å²) in [5.41, 5.74) is -1.32. The summed E-state index contributed by atoms with van der Waals surface area (Å²) >= 11 is 0. The molecule has 1 rings (SSSR count). The number of hydrogen-bond acceptors (Lipinski definition) is 3. The SMILES string of the molecule is O=[S-](=O)c1cc(F)cc(C(F)(F)F)c1.[Be+2].[CH3-]. The van der Waals surface area contributed by atoms with Gasteiger partial charge in [-0.15, -0.1) is 0 Å². The summed E-state index contributed by atoms with van der Waals surface area (Å²) in [5, 5.41) is 0. The molecule has 0 heterocycles. The first-order valence-corrected chi connectivity index (χ1v) is 4.35. The fourth-order valence-electron chi connectivity index (χ4n) is 0.823. The van der Waals surface area contributed by atoms with Gasteiger partial charge < -0.3 is 15.8 Å². The fraction of sp³-hybridized carbons (Fsp3) is 0.125. The summed E-state index contributed by atoms with van der Waals surface area (Å²) in [5.74, 6) is -1.24. The average molecular weight is 251 g/mol. The van der Waals surface area contributed by atoms with Crippen LogP contribution in [0.2, 0.25) is 0 Å². The molecule has 0 bridgehead atoms. The molecule has 0 saturated heterocycles. The molecule has 0 radical (unpaired) electrons. The Hall–Kier alpha value is -0.941. The van der Waals surface area contributed by atoms with Crippen LogP contribution in [0.1, 0.15) is 5.56 Å². The maximum absolute atomic E-state index is 12.5. The largest absolute Gasteiger partial charge is 2.00 e. The Kier molecular flexibility index (Phi) is 6.50. The third kappa shape index (κ3) is 4.28. The van der Waals surface area contributed by atoms with Crippen molar-refractivity contribution in [2.45, 2.75) is 11.1 Å². The molecule has 0 N–H and O–H groups in total. The molecule has 0 saturated carbocycles. The molecule has 0 aliphatic heterocycles. The minimum Gasteiger partial charge on any atom is -0.420 e. The predicted octanol–water partition coefficient (Wildman–Crippen LogP) is 2.58. The number of rotatable bonds is 1. The second-order valence-corrected chi connectivity index (χ2v) is 3.35. The maximum atomic E-state index is 12.5. The summed E-state index contributed by atoms with van der Waals surface area (Å²) < 4.78 is 69.3. The van der Waals surface area contributed by atoms with E-state index in [1.807, 2.05) is 0 Å². The van der Waals surface area contributed by atoms with Crippen molar-refractivity contribution in [3.05, 3.63) is 37.0 Å². The van der Waals surface area contributed by atoms with Gasteiger partial charge in [-0.05, 0) is 22.8 Å². The third-order valence-corrected chi connectivity index (χ3v) is 2.01. The van der Waals surface area contributed by atoms with Crippen molar-refractivity contribution in [1.29, 1.82) is 0 Å². The molecular weight excluding hydrogens is 245 g/mol. The molecule has 0 aliphatic carbocycles. The summed E-state index contributed by atoms with van der Waals surface area (Å²) in [6, 6.07) is 1.11. The van der Waals surface area contributed by atoms with Crippen molar-refractivity contribution in [3.63, 3.8) is 0 Å². The van der Waals surface area contributed by atoms with Crippen LogP contribution in [0, 0.1) is 13.2 Å². The molecule has 2 nitrogen and oxygen atoms in total. The van der Waals surface area contributed by atoms with Crippen molar-refractivity contribution < 1.29 is 26.0 Å². The van der Waals surface area contributed by atoms with Gasteiger partial charge in [0.05, 0.1) is 5.56 Å². The van der Waals surface area contributed by atoms with Crippen LogP contribution in [-0.4, -0.2) is 10.1 Å². The van der Waals surface area contributed by atoms with Gasteiger partial charge in [0.2, 0.25) is 0 Å². The smallest absolute Gasteiger partial charge is 0.420 e. The Bertz CT molecular complexity index is 421. The van der Waals surface area contributed by atoms with Gasteiger partial charge in [-0.3, -0.25) is 0 Å². The molecule has 86 valence electrons. The van der Waals surface area contributed by atoms with Crippen LogP contribution in [0.4, 0.5) is 17.6 Å². The van der Waals surface area contributed by atoms with Crippen LogP contribution in [0.15, 0.2) is 23.1 Å². The number of alkyl halides is 3. The van der Waals surface area contributed by atoms with Crippen LogP contribution >= 0.6 is 0 Å². The topological polar surface area (TPSA) is 34.1 Å². The van der Waals surface area contributed by atoms with Crippen molar-refractivity contribution >= 4 is 20.8 Å². The number of halogens is 4. The molecule has 1 aromatic carbocycles. The third-order valence-electron chi connectivity index (χ3n) is 1.39. The number of hydrogen-bond donors (Lipinski definition) is 0. The Labute approximate surface area is 95.5 Å².